The van der Waals surface area contributed by atoms with Gasteiger partial charge in [-0.15, -0.1) is 0 Å². The number of piperidine rings is 1. The zero-order valence-electron chi connectivity index (χ0n) is 9.76. The van der Waals surface area contributed by atoms with Crippen molar-refractivity contribution in [3.63, 3.8) is 0 Å². The second kappa shape index (κ2) is 4.25. The Balaban J connectivity index is 2.13. The van der Waals surface area contributed by atoms with Crippen LogP contribution in [0.2, 0.25) is 0 Å². The first kappa shape index (κ1) is 11.1. The highest BCUT2D eigenvalue weighted by atomic mass is 16.2. The van der Waals surface area contributed by atoms with Gasteiger partial charge in [0.15, 0.2) is 5.82 Å². The van der Waals surface area contributed by atoms with E-state index in [4.69, 9.17) is 5.73 Å². The second-order valence-corrected chi connectivity index (χ2v) is 4.67. The maximum absolute atomic E-state index is 12.2. The molecule has 2 atom stereocenters. The number of hydrogen-bond donors (Lipinski definition) is 1. The summed E-state index contributed by atoms with van der Waals surface area (Å²) in [6, 6.07) is 0.0907. The van der Waals surface area contributed by atoms with Crippen molar-refractivity contribution in [2.75, 3.05) is 13.1 Å². The fraction of sp³-hybridized carbons (Fsp3) is 0.636. The third kappa shape index (κ3) is 2.09. The lowest BCUT2D eigenvalue weighted by Gasteiger charge is -2.34. The molecule has 0 spiro atoms. The van der Waals surface area contributed by atoms with Gasteiger partial charge in [0.1, 0.15) is 0 Å². The summed E-state index contributed by atoms with van der Waals surface area (Å²) in [7, 11) is 1.83. The highest BCUT2D eigenvalue weighted by Gasteiger charge is 2.27. The first-order chi connectivity index (χ1) is 7.58. The molecule has 0 radical (unpaired) electrons. The molecule has 0 aromatic carbocycles. The Bertz CT molecular complexity index is 377. The van der Waals surface area contributed by atoms with Crippen molar-refractivity contribution in [1.82, 2.24) is 14.5 Å². The lowest BCUT2D eigenvalue weighted by Crippen LogP contribution is -2.49. The predicted molar refractivity (Wildman–Crippen MR) is 60.9 cm³/mol. The van der Waals surface area contributed by atoms with E-state index >= 15 is 0 Å². The van der Waals surface area contributed by atoms with Gasteiger partial charge in [0.25, 0.3) is 5.91 Å². The van der Waals surface area contributed by atoms with Gasteiger partial charge in [-0.2, -0.15) is 0 Å². The Morgan fingerprint density at radius 2 is 2.31 bits per heavy atom. The summed E-state index contributed by atoms with van der Waals surface area (Å²) in [6.45, 7) is 3.53. The van der Waals surface area contributed by atoms with Gasteiger partial charge in [0, 0.05) is 38.6 Å². The Labute approximate surface area is 95.2 Å². The molecule has 1 saturated heterocycles. The van der Waals surface area contributed by atoms with E-state index in [0.29, 0.717) is 18.3 Å². The number of nitrogens with two attached hydrogens (primary N) is 1. The molecule has 1 aliphatic heterocycles. The topological polar surface area (TPSA) is 64.2 Å². The van der Waals surface area contributed by atoms with Crippen LogP contribution in [0.1, 0.15) is 24.0 Å². The number of aromatic nitrogens is 2. The van der Waals surface area contributed by atoms with Gasteiger partial charge in [0.05, 0.1) is 0 Å². The van der Waals surface area contributed by atoms with Gasteiger partial charge in [-0.05, 0) is 12.3 Å². The number of hydrogen-bond acceptors (Lipinski definition) is 3. The predicted octanol–water partition coefficient (Wildman–Crippen LogP) is 0.229. The van der Waals surface area contributed by atoms with Crippen LogP contribution < -0.4 is 5.73 Å². The quantitative estimate of drug-likeness (QED) is 0.739. The highest BCUT2D eigenvalue weighted by Crippen LogP contribution is 2.16. The number of aryl methyl sites for hydroxylation is 1. The third-order valence-electron chi connectivity index (χ3n) is 2.99. The molecule has 1 fully saturated rings. The van der Waals surface area contributed by atoms with E-state index in [1.165, 1.54) is 0 Å². The van der Waals surface area contributed by atoms with Crippen LogP contribution in [0.3, 0.4) is 0 Å². The Morgan fingerprint density at radius 3 is 2.88 bits per heavy atom. The van der Waals surface area contributed by atoms with Crippen molar-refractivity contribution < 1.29 is 4.79 Å². The summed E-state index contributed by atoms with van der Waals surface area (Å²) in [4.78, 5) is 18.0. The molecular formula is C11H18N4O. The standard InChI is InChI=1S/C11H18N4O/c1-8-5-9(12)7-15(6-8)11(16)10-13-3-4-14(10)2/h3-4,8-9H,5-7,12H2,1-2H3. The Morgan fingerprint density at radius 1 is 1.56 bits per heavy atom. The lowest BCUT2D eigenvalue weighted by atomic mass is 9.96. The van der Waals surface area contributed by atoms with E-state index < -0.39 is 0 Å². The van der Waals surface area contributed by atoms with Crippen LogP contribution in [0.15, 0.2) is 12.4 Å². The van der Waals surface area contributed by atoms with E-state index in [1.807, 2.05) is 7.05 Å². The molecular weight excluding hydrogens is 204 g/mol. The monoisotopic (exact) mass is 222 g/mol. The summed E-state index contributed by atoms with van der Waals surface area (Å²) in [6.07, 6.45) is 4.41. The number of imidazole rings is 1. The van der Waals surface area contributed by atoms with Crippen molar-refractivity contribution in [2.24, 2.45) is 18.7 Å². The zero-order chi connectivity index (χ0) is 11.7. The molecule has 2 heterocycles. The molecule has 88 valence electrons. The second-order valence-electron chi connectivity index (χ2n) is 4.67. The van der Waals surface area contributed by atoms with E-state index in [-0.39, 0.29) is 11.9 Å². The van der Waals surface area contributed by atoms with Crippen molar-refractivity contribution in [3.05, 3.63) is 18.2 Å². The summed E-state index contributed by atoms with van der Waals surface area (Å²) in [5.74, 6) is 0.934. The normalized spacial score (nSPS) is 25.8. The number of likely N-dealkylation sites (tertiary alicyclic amines) is 1. The number of nitrogens with zero attached hydrogens (tertiary/aromatic N) is 3. The van der Waals surface area contributed by atoms with E-state index in [1.54, 1.807) is 21.9 Å². The number of rotatable bonds is 1. The smallest absolute Gasteiger partial charge is 0.289 e. The average Bonchev–Trinajstić information content (AvgIpc) is 2.62. The third-order valence-corrected chi connectivity index (χ3v) is 2.99. The molecule has 1 aromatic rings. The first-order valence-electron chi connectivity index (χ1n) is 5.60. The summed E-state index contributed by atoms with van der Waals surface area (Å²) in [5, 5.41) is 0. The van der Waals surface area contributed by atoms with Gasteiger partial charge in [-0.3, -0.25) is 4.79 Å². The maximum atomic E-state index is 12.2. The Kier molecular flexibility index (Phi) is 2.96. The van der Waals surface area contributed by atoms with E-state index in [9.17, 15) is 4.79 Å². The molecule has 5 nitrogen and oxygen atoms in total. The van der Waals surface area contributed by atoms with Crippen molar-refractivity contribution in [2.45, 2.75) is 19.4 Å². The molecule has 1 amide bonds. The molecule has 0 saturated carbocycles. The van der Waals surface area contributed by atoms with Crippen LogP contribution in [-0.4, -0.2) is 39.5 Å². The van der Waals surface area contributed by atoms with Crippen molar-refractivity contribution in [1.29, 1.82) is 0 Å². The van der Waals surface area contributed by atoms with Gasteiger partial charge < -0.3 is 15.2 Å². The molecule has 16 heavy (non-hydrogen) atoms. The molecule has 2 unspecified atom stereocenters. The van der Waals surface area contributed by atoms with Gasteiger partial charge in [-0.25, -0.2) is 4.98 Å². The van der Waals surface area contributed by atoms with Crippen LogP contribution >= 0.6 is 0 Å². The molecule has 1 aromatic heterocycles. The maximum Gasteiger partial charge on any atom is 0.289 e. The van der Waals surface area contributed by atoms with Crippen LogP contribution in [0.25, 0.3) is 0 Å². The number of carbonyl (C=O) groups excluding carboxylic acids is 1. The van der Waals surface area contributed by atoms with Gasteiger partial charge in [-0.1, -0.05) is 6.92 Å². The lowest BCUT2D eigenvalue weighted by molar-refractivity contribution is 0.0645. The molecule has 0 bridgehead atoms. The fourth-order valence-electron chi connectivity index (χ4n) is 2.28. The van der Waals surface area contributed by atoms with E-state index in [2.05, 4.69) is 11.9 Å². The van der Waals surface area contributed by atoms with Crippen LogP contribution in [0, 0.1) is 5.92 Å². The molecule has 2 rings (SSSR count). The van der Waals surface area contributed by atoms with Gasteiger partial charge >= 0.3 is 0 Å². The summed E-state index contributed by atoms with van der Waals surface area (Å²) < 4.78 is 1.74. The average molecular weight is 222 g/mol. The Hall–Kier alpha value is -1.36. The molecule has 1 aliphatic rings. The van der Waals surface area contributed by atoms with Crippen LogP contribution in [-0.2, 0) is 7.05 Å². The van der Waals surface area contributed by atoms with Crippen LogP contribution in [0.5, 0.6) is 0 Å². The number of carbonyl (C=O) groups is 1. The highest BCUT2D eigenvalue weighted by molar-refractivity contribution is 5.90. The largest absolute Gasteiger partial charge is 0.334 e. The summed E-state index contributed by atoms with van der Waals surface area (Å²) >= 11 is 0. The zero-order valence-corrected chi connectivity index (χ0v) is 9.76. The minimum Gasteiger partial charge on any atom is -0.334 e. The van der Waals surface area contributed by atoms with E-state index in [0.717, 1.165) is 13.0 Å². The van der Waals surface area contributed by atoms with Gasteiger partial charge in [0.2, 0.25) is 0 Å². The molecule has 2 N–H and O–H groups in total. The van der Waals surface area contributed by atoms with Crippen LogP contribution in [0.4, 0.5) is 0 Å². The fourth-order valence-corrected chi connectivity index (χ4v) is 2.28. The minimum atomic E-state index is -0.0190. The minimum absolute atomic E-state index is 0.0190. The molecule has 0 aliphatic carbocycles. The summed E-state index contributed by atoms with van der Waals surface area (Å²) in [5.41, 5.74) is 5.92. The SMILES string of the molecule is CC1CC(N)CN(C(=O)c2nccn2C)C1. The number of amides is 1. The first-order valence-corrected chi connectivity index (χ1v) is 5.60. The van der Waals surface area contributed by atoms with Crippen molar-refractivity contribution in [3.8, 4) is 0 Å². The molecule has 5 heteroatoms. The van der Waals surface area contributed by atoms with Crippen molar-refractivity contribution >= 4 is 5.91 Å².